The van der Waals surface area contributed by atoms with Crippen molar-refractivity contribution in [3.05, 3.63) is 102 Å². The fourth-order valence-corrected chi connectivity index (χ4v) is 8.02. The molecule has 4 rings (SSSR count). The average molecular weight is 724 g/mol. The molecule has 4 unspecified atom stereocenters. The third kappa shape index (κ3) is 4.15. The Hall–Kier alpha value is -2.41. The summed E-state index contributed by atoms with van der Waals surface area (Å²) in [5.41, 5.74) is 0.560. The van der Waals surface area contributed by atoms with Crippen molar-refractivity contribution >= 4 is 55.0 Å². The van der Waals surface area contributed by atoms with E-state index in [0.29, 0.717) is 11.6 Å². The minimum Gasteiger partial charge on any atom is -0.348 e. The van der Waals surface area contributed by atoms with Gasteiger partial charge in [0.25, 0.3) is 0 Å². The molecule has 2 aromatic rings. The summed E-state index contributed by atoms with van der Waals surface area (Å²) < 4.78 is 24.0. The van der Waals surface area contributed by atoms with Crippen LogP contribution in [0.2, 0.25) is 0 Å². The summed E-state index contributed by atoms with van der Waals surface area (Å²) in [6.45, 7) is 3.07. The van der Waals surface area contributed by atoms with Crippen LogP contribution in [0.25, 0.3) is 0 Å². The molecule has 2 aliphatic rings. The van der Waals surface area contributed by atoms with Gasteiger partial charge in [-0.05, 0) is 25.0 Å². The molecule has 0 amide bonds. The number of imidazole rings is 2. The highest BCUT2D eigenvalue weighted by Gasteiger charge is 2.54. The van der Waals surface area contributed by atoms with E-state index in [2.05, 4.69) is 19.9 Å². The fraction of sp³-hybridized carbons (Fsp3) is 0.300. The first kappa shape index (κ1) is 25.7. The Morgan fingerprint density at radius 2 is 1.23 bits per heavy atom. The Morgan fingerprint density at radius 3 is 1.51 bits per heavy atom. The Bertz CT molecular complexity index is 1330. The summed E-state index contributed by atoms with van der Waals surface area (Å²) in [6.07, 6.45) is 11.1. The van der Waals surface area contributed by atoms with E-state index in [9.17, 15) is 28.6 Å². The minimum absolute atomic E-state index is 0.274. The summed E-state index contributed by atoms with van der Waals surface area (Å²) in [5, 5.41) is 24.3. The number of nitrogens with one attached hydrogen (secondary N) is 2. The molecule has 0 spiro atoms. The van der Waals surface area contributed by atoms with Gasteiger partial charge in [0.1, 0.15) is 23.5 Å². The molecule has 0 aliphatic heterocycles. The van der Waals surface area contributed by atoms with Crippen LogP contribution < -0.4 is 0 Å². The molecule has 0 saturated carbocycles. The highest BCUT2D eigenvalue weighted by atomic mass is 127. The number of nitrogens with zero attached hydrogens (tertiary/aromatic N) is 4. The summed E-state index contributed by atoms with van der Waals surface area (Å²) >= 11 is 3.22. The monoisotopic (exact) mass is 724 g/mol. The molecule has 0 radical (unpaired) electrons. The predicted octanol–water partition coefficient (Wildman–Crippen LogP) is 3.92. The Balaban J connectivity index is 1.86. The molecule has 2 aromatic heterocycles. The van der Waals surface area contributed by atoms with Crippen molar-refractivity contribution in [3.8, 4) is 0 Å². The first-order chi connectivity index (χ1) is 16.3. The van der Waals surface area contributed by atoms with Crippen LogP contribution in [0.5, 0.6) is 0 Å². The van der Waals surface area contributed by atoms with Gasteiger partial charge in [-0.3, -0.25) is 20.2 Å². The van der Waals surface area contributed by atoms with Gasteiger partial charge in [-0.15, -0.1) is 0 Å². The second-order valence-corrected chi connectivity index (χ2v) is 13.4. The van der Waals surface area contributed by atoms with Crippen molar-refractivity contribution in [2.45, 2.75) is 32.8 Å². The molecule has 2 heterocycles. The maximum Gasteiger partial charge on any atom is 0.302 e. The number of hydrogen-bond donors (Lipinski definition) is 2. The van der Waals surface area contributed by atoms with Crippen LogP contribution in [0.15, 0.2) is 70.0 Å². The molecule has 2 N–H and O–H groups in total. The number of alkyl halides is 2. The van der Waals surface area contributed by atoms with Gasteiger partial charge < -0.3 is 9.97 Å². The third-order valence-electron chi connectivity index (χ3n) is 5.92. The number of aromatic amines is 2. The first-order valence-corrected chi connectivity index (χ1v) is 13.7. The van der Waals surface area contributed by atoms with Crippen LogP contribution >= 0.6 is 45.2 Å². The van der Waals surface area contributed by atoms with E-state index in [1.165, 1.54) is 50.8 Å². The summed E-state index contributed by atoms with van der Waals surface area (Å²) in [6, 6.07) is 0. The Labute approximate surface area is 226 Å². The van der Waals surface area contributed by atoms with Crippen LogP contribution in [0.3, 0.4) is 0 Å². The van der Waals surface area contributed by atoms with E-state index in [4.69, 9.17) is 0 Å². The number of H-pyrrole nitrogens is 2. The van der Waals surface area contributed by atoms with Crippen molar-refractivity contribution in [2.24, 2.45) is 0 Å². The normalized spacial score (nSPS) is 29.0. The fourth-order valence-electron chi connectivity index (χ4n) is 4.14. The zero-order valence-corrected chi connectivity index (χ0v) is 23.3. The number of halogens is 2. The van der Waals surface area contributed by atoms with E-state index in [-0.39, 0.29) is 21.0 Å². The second-order valence-electron chi connectivity index (χ2n) is 8.09. The molecule has 15 heteroatoms. The van der Waals surface area contributed by atoms with Crippen LogP contribution in [0.4, 0.5) is 0 Å². The Kier molecular flexibility index (Phi) is 6.54. The smallest absolute Gasteiger partial charge is 0.302 e. The van der Waals surface area contributed by atoms with E-state index in [1.54, 1.807) is 45.2 Å². The second kappa shape index (κ2) is 8.91. The molecular formula is C20H18I2N6O6S. The molecule has 35 heavy (non-hydrogen) atoms. The summed E-state index contributed by atoms with van der Waals surface area (Å²) in [5.74, 6) is -1.07. The molecule has 4 atom stereocenters. The lowest BCUT2D eigenvalue weighted by Crippen LogP contribution is -2.40. The van der Waals surface area contributed by atoms with Crippen molar-refractivity contribution in [2.75, 3.05) is 0 Å². The van der Waals surface area contributed by atoms with E-state index >= 15 is 0 Å². The molecule has 2 aliphatic carbocycles. The largest absolute Gasteiger partial charge is 0.348 e. The van der Waals surface area contributed by atoms with Gasteiger partial charge in [0, 0.05) is 92.0 Å². The molecule has 0 saturated heterocycles. The SMILES string of the molecule is CC1=CC(c2ncc[nH]2)C(I)([N+](=O)[O-])C=C1S(=O)(=O)C1=CC(I)([N+](=O)[O-])C(c2ncc[nH]2)C=C1C. The maximum atomic E-state index is 13.9. The predicted molar refractivity (Wildman–Crippen MR) is 143 cm³/mol. The highest BCUT2D eigenvalue weighted by Crippen LogP contribution is 2.49. The number of allylic oxidation sites excluding steroid dienone is 2. The molecule has 0 bridgehead atoms. The quantitative estimate of drug-likeness (QED) is 0.148. The molecule has 0 aromatic carbocycles. The molecular weight excluding hydrogens is 706 g/mol. The van der Waals surface area contributed by atoms with E-state index in [0.717, 1.165) is 12.2 Å². The van der Waals surface area contributed by atoms with E-state index in [1.807, 2.05) is 0 Å². The van der Waals surface area contributed by atoms with Crippen LogP contribution in [0, 0.1) is 20.2 Å². The molecule has 0 fully saturated rings. The van der Waals surface area contributed by atoms with Crippen LogP contribution in [0.1, 0.15) is 37.3 Å². The lowest BCUT2D eigenvalue weighted by atomic mass is 9.91. The third-order valence-corrected chi connectivity index (χ3v) is 10.7. The van der Waals surface area contributed by atoms with Crippen LogP contribution in [-0.2, 0) is 9.84 Å². The first-order valence-electron chi connectivity index (χ1n) is 10.1. The zero-order chi connectivity index (χ0) is 25.8. The van der Waals surface area contributed by atoms with Gasteiger partial charge in [-0.25, -0.2) is 18.4 Å². The van der Waals surface area contributed by atoms with Gasteiger partial charge in [-0.2, -0.15) is 0 Å². The zero-order valence-electron chi connectivity index (χ0n) is 18.2. The average Bonchev–Trinajstić information content (AvgIpc) is 3.50. The molecule has 12 nitrogen and oxygen atoms in total. The van der Waals surface area contributed by atoms with Gasteiger partial charge in [0.2, 0.25) is 9.84 Å². The highest BCUT2D eigenvalue weighted by molar-refractivity contribution is 14.1. The standard InChI is InChI=1S/C20H18I2N6O6S/c1-11-7-13(17-23-3-4-24-17)19(21,27(29)30)9-15(11)35(33,34)16-10-20(22,28(31)32)14(8-12(16)2)18-25-5-6-26-18/h3-10,13-14H,1-2H3,(H,23,24)(H,25,26). The van der Waals surface area contributed by atoms with Crippen LogP contribution in [-0.4, -0.2) is 45.3 Å². The van der Waals surface area contributed by atoms with Gasteiger partial charge in [-0.1, -0.05) is 12.2 Å². The number of nitro groups is 2. The topological polar surface area (TPSA) is 178 Å². The lowest BCUT2D eigenvalue weighted by Gasteiger charge is -2.31. The van der Waals surface area contributed by atoms with E-state index < -0.39 is 38.6 Å². The number of rotatable bonds is 6. The van der Waals surface area contributed by atoms with Gasteiger partial charge in [0.15, 0.2) is 0 Å². The lowest BCUT2D eigenvalue weighted by molar-refractivity contribution is -0.520. The maximum absolute atomic E-state index is 13.9. The number of sulfone groups is 1. The summed E-state index contributed by atoms with van der Waals surface area (Å²) in [4.78, 5) is 36.5. The van der Waals surface area contributed by atoms with Crippen molar-refractivity contribution in [1.82, 2.24) is 19.9 Å². The van der Waals surface area contributed by atoms with Crippen molar-refractivity contribution in [1.29, 1.82) is 0 Å². The number of aromatic nitrogens is 4. The van der Waals surface area contributed by atoms with Crippen molar-refractivity contribution < 1.29 is 18.3 Å². The Morgan fingerprint density at radius 1 is 0.857 bits per heavy atom. The van der Waals surface area contributed by atoms with Crippen molar-refractivity contribution in [3.63, 3.8) is 0 Å². The molecule has 184 valence electrons. The van der Waals surface area contributed by atoms with Gasteiger partial charge in [0.05, 0.1) is 9.81 Å². The van der Waals surface area contributed by atoms with Gasteiger partial charge >= 0.3 is 7.09 Å². The minimum atomic E-state index is -4.37. The summed E-state index contributed by atoms with van der Waals surface area (Å²) in [7, 11) is -4.37. The number of hydrogen-bond acceptors (Lipinski definition) is 8.